The van der Waals surface area contributed by atoms with Gasteiger partial charge < -0.3 is 10.2 Å². The Hall–Kier alpha value is -2.17. The number of unbranched alkanes of at least 4 members (excludes halogenated alkanes) is 1. The SMILES string of the molecule is Cl.O=C(CCCCNC1CCCc2ccccc21)c1cc2c3c(c1)CCN3C(=O)CC2. The van der Waals surface area contributed by atoms with Crippen LogP contribution in [0, 0.1) is 0 Å². The maximum atomic E-state index is 12.8. The molecule has 1 atom stereocenters. The van der Waals surface area contributed by atoms with Crippen molar-refractivity contribution >= 4 is 29.8 Å². The zero-order valence-corrected chi connectivity index (χ0v) is 18.8. The van der Waals surface area contributed by atoms with Gasteiger partial charge in [-0.1, -0.05) is 24.3 Å². The van der Waals surface area contributed by atoms with Crippen molar-refractivity contribution in [2.45, 2.75) is 63.8 Å². The van der Waals surface area contributed by atoms with Gasteiger partial charge in [0.15, 0.2) is 5.78 Å². The van der Waals surface area contributed by atoms with Gasteiger partial charge in [0, 0.05) is 31.0 Å². The van der Waals surface area contributed by atoms with Crippen LogP contribution >= 0.6 is 12.4 Å². The number of Topliss-reactive ketones (excluding diaryl/α,β-unsaturated/α-hetero) is 1. The molecule has 0 bridgehead atoms. The Labute approximate surface area is 190 Å². The standard InChI is InChI=1S/C26H30N2O2.ClH/c29-24(21-16-19-11-12-25(30)28-15-13-20(17-21)26(19)28)10-3-4-14-27-23-9-5-7-18-6-1-2-8-22(18)23;/h1-2,6,8,16-17,23,27H,3-5,7,9-15H2;1H. The molecule has 5 heteroatoms. The van der Waals surface area contributed by atoms with Crippen molar-refractivity contribution in [1.29, 1.82) is 0 Å². The highest BCUT2D eigenvalue weighted by molar-refractivity contribution is 6.02. The number of carbonyl (C=O) groups is 2. The van der Waals surface area contributed by atoms with Crippen LogP contribution < -0.4 is 10.2 Å². The van der Waals surface area contributed by atoms with E-state index in [4.69, 9.17) is 0 Å². The number of nitrogens with zero attached hydrogens (tertiary/aromatic N) is 1. The van der Waals surface area contributed by atoms with Crippen molar-refractivity contribution < 1.29 is 9.59 Å². The van der Waals surface area contributed by atoms with E-state index in [0.717, 1.165) is 50.0 Å². The third kappa shape index (κ3) is 4.42. The second-order valence-electron chi connectivity index (χ2n) is 8.92. The maximum absolute atomic E-state index is 12.8. The van der Waals surface area contributed by atoms with Gasteiger partial charge in [-0.15, -0.1) is 12.4 Å². The number of halogens is 1. The monoisotopic (exact) mass is 438 g/mol. The zero-order valence-electron chi connectivity index (χ0n) is 18.0. The number of nitrogens with one attached hydrogen (secondary N) is 1. The first-order valence-electron chi connectivity index (χ1n) is 11.5. The van der Waals surface area contributed by atoms with E-state index in [1.165, 1.54) is 41.5 Å². The first kappa shape index (κ1) is 22.0. The summed E-state index contributed by atoms with van der Waals surface area (Å²) in [5, 5.41) is 3.71. The summed E-state index contributed by atoms with van der Waals surface area (Å²) in [7, 11) is 0. The lowest BCUT2D eigenvalue weighted by Crippen LogP contribution is -2.32. The molecule has 0 radical (unpaired) electrons. The average Bonchev–Trinajstić information content (AvgIpc) is 3.21. The normalized spacial score (nSPS) is 18.9. The summed E-state index contributed by atoms with van der Waals surface area (Å²) < 4.78 is 0. The van der Waals surface area contributed by atoms with Crippen LogP contribution in [0.5, 0.6) is 0 Å². The number of benzene rings is 2. The fourth-order valence-electron chi connectivity index (χ4n) is 5.42. The number of fused-ring (bicyclic) bond motifs is 1. The summed E-state index contributed by atoms with van der Waals surface area (Å²) in [5.74, 6) is 0.473. The third-order valence-corrected chi connectivity index (χ3v) is 6.96. The highest BCUT2D eigenvalue weighted by atomic mass is 35.5. The molecule has 0 spiro atoms. The minimum Gasteiger partial charge on any atom is -0.312 e. The zero-order chi connectivity index (χ0) is 20.5. The Morgan fingerprint density at radius 3 is 2.68 bits per heavy atom. The first-order chi connectivity index (χ1) is 14.7. The summed E-state index contributed by atoms with van der Waals surface area (Å²) in [5.41, 5.74) is 7.25. The molecule has 2 aromatic rings. The molecule has 1 N–H and O–H groups in total. The second-order valence-corrected chi connectivity index (χ2v) is 8.92. The van der Waals surface area contributed by atoms with Crippen LogP contribution in [0.15, 0.2) is 36.4 Å². The Morgan fingerprint density at radius 1 is 1.00 bits per heavy atom. The van der Waals surface area contributed by atoms with Crippen LogP contribution in [-0.4, -0.2) is 24.8 Å². The Kier molecular flexibility index (Phi) is 6.78. The Morgan fingerprint density at radius 2 is 1.81 bits per heavy atom. The van der Waals surface area contributed by atoms with Crippen molar-refractivity contribution in [2.24, 2.45) is 0 Å². The lowest BCUT2D eigenvalue weighted by atomic mass is 9.87. The number of carbonyl (C=O) groups excluding carboxylic acids is 2. The van der Waals surface area contributed by atoms with E-state index in [2.05, 4.69) is 29.6 Å². The first-order valence-corrected chi connectivity index (χ1v) is 11.5. The predicted molar refractivity (Wildman–Crippen MR) is 126 cm³/mol. The molecule has 1 amide bonds. The second kappa shape index (κ2) is 9.54. The van der Waals surface area contributed by atoms with E-state index in [-0.39, 0.29) is 24.1 Å². The highest BCUT2D eigenvalue weighted by Crippen LogP contribution is 2.37. The largest absolute Gasteiger partial charge is 0.312 e. The van der Waals surface area contributed by atoms with Gasteiger partial charge in [0.2, 0.25) is 5.91 Å². The fourth-order valence-corrected chi connectivity index (χ4v) is 5.42. The van der Waals surface area contributed by atoms with Crippen LogP contribution in [0.4, 0.5) is 5.69 Å². The van der Waals surface area contributed by atoms with Gasteiger partial charge in [0.25, 0.3) is 0 Å². The summed E-state index contributed by atoms with van der Waals surface area (Å²) >= 11 is 0. The molecule has 1 aliphatic carbocycles. The van der Waals surface area contributed by atoms with Gasteiger partial charge >= 0.3 is 0 Å². The molecular weight excluding hydrogens is 408 g/mol. The van der Waals surface area contributed by atoms with Gasteiger partial charge in [-0.25, -0.2) is 0 Å². The van der Waals surface area contributed by atoms with Crippen molar-refractivity contribution in [1.82, 2.24) is 5.32 Å². The number of anilines is 1. The summed E-state index contributed by atoms with van der Waals surface area (Å²) in [6.07, 6.45) is 8.39. The van der Waals surface area contributed by atoms with Crippen molar-refractivity contribution in [3.63, 3.8) is 0 Å². The minimum atomic E-state index is 0. The van der Waals surface area contributed by atoms with Crippen molar-refractivity contribution in [3.05, 3.63) is 64.2 Å². The number of ketones is 1. The molecule has 0 fully saturated rings. The molecule has 4 nitrogen and oxygen atoms in total. The average molecular weight is 439 g/mol. The van der Waals surface area contributed by atoms with E-state index in [1.54, 1.807) is 0 Å². The molecule has 3 aliphatic rings. The minimum absolute atomic E-state index is 0. The molecule has 2 aromatic carbocycles. The van der Waals surface area contributed by atoms with Gasteiger partial charge in [0.1, 0.15) is 0 Å². The molecule has 0 aromatic heterocycles. The molecule has 5 rings (SSSR count). The predicted octanol–water partition coefficient (Wildman–Crippen LogP) is 4.96. The lowest BCUT2D eigenvalue weighted by molar-refractivity contribution is -0.118. The highest BCUT2D eigenvalue weighted by Gasteiger charge is 2.31. The Balaban J connectivity index is 0.00000231. The number of hydrogen-bond donors (Lipinski definition) is 1. The molecule has 2 heterocycles. The molecule has 31 heavy (non-hydrogen) atoms. The van der Waals surface area contributed by atoms with Crippen LogP contribution in [0.1, 0.15) is 77.2 Å². The third-order valence-electron chi connectivity index (χ3n) is 6.96. The summed E-state index contributed by atoms with van der Waals surface area (Å²) in [6.45, 7) is 1.73. The number of hydrogen-bond acceptors (Lipinski definition) is 3. The number of amides is 1. The molecule has 1 unspecified atom stereocenters. The van der Waals surface area contributed by atoms with E-state index in [1.807, 2.05) is 17.0 Å². The van der Waals surface area contributed by atoms with Crippen molar-refractivity contribution in [2.75, 3.05) is 18.0 Å². The molecule has 2 aliphatic heterocycles. The molecule has 0 saturated carbocycles. The topological polar surface area (TPSA) is 49.4 Å². The van der Waals surface area contributed by atoms with Crippen LogP contribution in [0.2, 0.25) is 0 Å². The van der Waals surface area contributed by atoms with Gasteiger partial charge in [-0.05, 0) is 85.9 Å². The van der Waals surface area contributed by atoms with Gasteiger partial charge in [-0.2, -0.15) is 0 Å². The van der Waals surface area contributed by atoms with E-state index in [9.17, 15) is 9.59 Å². The smallest absolute Gasteiger partial charge is 0.227 e. The van der Waals surface area contributed by atoms with Crippen LogP contribution in [-0.2, 0) is 24.1 Å². The molecule has 164 valence electrons. The van der Waals surface area contributed by atoms with Crippen LogP contribution in [0.25, 0.3) is 0 Å². The van der Waals surface area contributed by atoms with Gasteiger partial charge in [0.05, 0.1) is 5.69 Å². The maximum Gasteiger partial charge on any atom is 0.227 e. The lowest BCUT2D eigenvalue weighted by Gasteiger charge is -2.26. The Bertz CT molecular complexity index is 987. The van der Waals surface area contributed by atoms with Crippen molar-refractivity contribution in [3.8, 4) is 0 Å². The number of rotatable bonds is 7. The summed E-state index contributed by atoms with van der Waals surface area (Å²) in [4.78, 5) is 26.8. The van der Waals surface area contributed by atoms with E-state index >= 15 is 0 Å². The summed E-state index contributed by atoms with van der Waals surface area (Å²) in [6, 6.07) is 13.3. The number of aryl methyl sites for hydroxylation is 2. The molecule has 0 saturated heterocycles. The fraction of sp³-hybridized carbons (Fsp3) is 0.462. The van der Waals surface area contributed by atoms with Crippen LogP contribution in [0.3, 0.4) is 0 Å². The molecular formula is C26H31ClN2O2. The van der Waals surface area contributed by atoms with E-state index < -0.39 is 0 Å². The quantitative estimate of drug-likeness (QED) is 0.490. The van der Waals surface area contributed by atoms with Gasteiger partial charge in [-0.3, -0.25) is 9.59 Å². The van der Waals surface area contributed by atoms with E-state index in [0.29, 0.717) is 18.9 Å².